The van der Waals surface area contributed by atoms with Gasteiger partial charge >= 0.3 is 11.9 Å². The van der Waals surface area contributed by atoms with Gasteiger partial charge in [-0.15, -0.1) is 0 Å². The molecule has 0 amide bonds. The summed E-state index contributed by atoms with van der Waals surface area (Å²) in [5.74, 6) is -1.42. The maximum Gasteiger partial charge on any atom is 0.306 e. The molecule has 0 saturated heterocycles. The highest BCUT2D eigenvalue weighted by Gasteiger charge is 2.13. The number of hydrogen-bond acceptors (Lipinski definition) is 4. The van der Waals surface area contributed by atoms with Gasteiger partial charge in [-0.05, 0) is 0 Å². The average molecular weight is 176 g/mol. The molecule has 0 aliphatic carbocycles. The van der Waals surface area contributed by atoms with Crippen LogP contribution in [0.15, 0.2) is 0 Å². The molecule has 0 aliphatic heterocycles. The van der Waals surface area contributed by atoms with Gasteiger partial charge in [-0.1, -0.05) is 0 Å². The predicted octanol–water partition coefficient (Wildman–Crippen LogP) is 0.0392. The molecule has 0 rings (SSSR count). The molecule has 0 saturated carbocycles. The van der Waals surface area contributed by atoms with Crippen LogP contribution in [-0.2, 0) is 19.1 Å². The van der Waals surface area contributed by atoms with Crippen molar-refractivity contribution in [2.75, 3.05) is 13.7 Å². The lowest BCUT2D eigenvalue weighted by atomic mass is 10.3. The first-order valence-corrected chi connectivity index (χ1v) is 3.44. The highest BCUT2D eigenvalue weighted by atomic mass is 16.6. The van der Waals surface area contributed by atoms with Gasteiger partial charge in [0, 0.05) is 14.0 Å². The van der Waals surface area contributed by atoms with Crippen molar-refractivity contribution in [3.05, 3.63) is 0 Å². The number of esters is 1. The maximum atomic E-state index is 10.3. The molecule has 0 aromatic carbocycles. The van der Waals surface area contributed by atoms with Gasteiger partial charge in [-0.25, -0.2) is 0 Å². The summed E-state index contributed by atoms with van der Waals surface area (Å²) in [6, 6.07) is 0. The molecule has 1 atom stereocenters. The summed E-state index contributed by atoms with van der Waals surface area (Å²) < 4.78 is 9.32. The zero-order valence-corrected chi connectivity index (χ0v) is 7.07. The van der Waals surface area contributed by atoms with Crippen molar-refractivity contribution in [3.8, 4) is 0 Å². The van der Waals surface area contributed by atoms with E-state index in [0.29, 0.717) is 0 Å². The number of aliphatic carboxylic acids is 1. The molecule has 5 nitrogen and oxygen atoms in total. The van der Waals surface area contributed by atoms with Gasteiger partial charge in [0.2, 0.25) is 0 Å². The van der Waals surface area contributed by atoms with Crippen molar-refractivity contribution in [3.63, 3.8) is 0 Å². The van der Waals surface area contributed by atoms with Crippen LogP contribution in [0.1, 0.15) is 13.3 Å². The highest BCUT2D eigenvalue weighted by molar-refractivity contribution is 5.68. The van der Waals surface area contributed by atoms with Crippen LogP contribution in [0.25, 0.3) is 0 Å². The van der Waals surface area contributed by atoms with E-state index in [2.05, 4.69) is 4.74 Å². The molecule has 0 heterocycles. The standard InChI is InChI=1S/C7H12O5/c1-5(8)12-4-6(11-2)3-7(9)10/h6H,3-4H2,1-2H3,(H,9,10). The molecule has 70 valence electrons. The number of methoxy groups -OCH3 is 1. The van der Waals surface area contributed by atoms with E-state index in [1.807, 2.05) is 0 Å². The van der Waals surface area contributed by atoms with Crippen molar-refractivity contribution < 1.29 is 24.2 Å². The quantitative estimate of drug-likeness (QED) is 0.598. The molecule has 0 bridgehead atoms. The molecule has 0 aromatic heterocycles. The van der Waals surface area contributed by atoms with E-state index < -0.39 is 18.0 Å². The lowest BCUT2D eigenvalue weighted by molar-refractivity contribution is -0.149. The number of ether oxygens (including phenoxy) is 2. The van der Waals surface area contributed by atoms with Crippen LogP contribution in [0.3, 0.4) is 0 Å². The smallest absolute Gasteiger partial charge is 0.306 e. The van der Waals surface area contributed by atoms with Crippen molar-refractivity contribution >= 4 is 11.9 Å². The van der Waals surface area contributed by atoms with Gasteiger partial charge in [0.05, 0.1) is 6.42 Å². The average Bonchev–Trinajstić information content (AvgIpc) is 1.97. The van der Waals surface area contributed by atoms with Crippen LogP contribution in [0, 0.1) is 0 Å². The Morgan fingerprint density at radius 3 is 2.42 bits per heavy atom. The first-order valence-electron chi connectivity index (χ1n) is 3.44. The van der Waals surface area contributed by atoms with Crippen LogP contribution in [-0.4, -0.2) is 36.9 Å². The van der Waals surface area contributed by atoms with Gasteiger partial charge < -0.3 is 14.6 Å². The Morgan fingerprint density at radius 1 is 1.50 bits per heavy atom. The van der Waals surface area contributed by atoms with Crippen LogP contribution in [0.5, 0.6) is 0 Å². The summed E-state index contributed by atoms with van der Waals surface area (Å²) in [6.07, 6.45) is -0.726. The summed E-state index contributed by atoms with van der Waals surface area (Å²) >= 11 is 0. The Balaban J connectivity index is 3.67. The molecule has 0 fully saturated rings. The number of carbonyl (C=O) groups excluding carboxylic acids is 1. The van der Waals surface area contributed by atoms with Crippen molar-refractivity contribution in [2.45, 2.75) is 19.4 Å². The summed E-state index contributed by atoms with van der Waals surface area (Å²) in [6.45, 7) is 1.24. The minimum Gasteiger partial charge on any atom is -0.481 e. The third-order valence-corrected chi connectivity index (χ3v) is 1.21. The number of carboxylic acid groups (broad SMARTS) is 1. The summed E-state index contributed by atoms with van der Waals surface area (Å²) in [5, 5.41) is 8.36. The molecule has 0 aliphatic rings. The maximum absolute atomic E-state index is 10.3. The van der Waals surface area contributed by atoms with Gasteiger partial charge in [0.15, 0.2) is 0 Å². The second-order valence-corrected chi connectivity index (χ2v) is 2.26. The predicted molar refractivity (Wildman–Crippen MR) is 39.7 cm³/mol. The Morgan fingerprint density at radius 2 is 2.08 bits per heavy atom. The molecule has 5 heteroatoms. The van der Waals surface area contributed by atoms with E-state index in [9.17, 15) is 9.59 Å². The van der Waals surface area contributed by atoms with E-state index in [1.165, 1.54) is 14.0 Å². The number of carbonyl (C=O) groups is 2. The van der Waals surface area contributed by atoms with Gasteiger partial charge in [0.25, 0.3) is 0 Å². The van der Waals surface area contributed by atoms with E-state index in [-0.39, 0.29) is 13.0 Å². The minimum atomic E-state index is -0.978. The fraction of sp³-hybridized carbons (Fsp3) is 0.714. The summed E-state index contributed by atoms with van der Waals surface area (Å²) in [7, 11) is 1.37. The van der Waals surface area contributed by atoms with Crippen LogP contribution in [0.2, 0.25) is 0 Å². The summed E-state index contributed by atoms with van der Waals surface area (Å²) in [5.41, 5.74) is 0. The lowest BCUT2D eigenvalue weighted by Gasteiger charge is -2.11. The van der Waals surface area contributed by atoms with E-state index in [0.717, 1.165) is 0 Å². The fourth-order valence-corrected chi connectivity index (χ4v) is 0.615. The zero-order chi connectivity index (χ0) is 9.56. The molecular weight excluding hydrogens is 164 g/mol. The summed E-state index contributed by atoms with van der Waals surface area (Å²) in [4.78, 5) is 20.5. The minimum absolute atomic E-state index is 0.0157. The molecule has 0 aromatic rings. The monoisotopic (exact) mass is 176 g/mol. The first-order chi connectivity index (χ1) is 5.56. The highest BCUT2D eigenvalue weighted by Crippen LogP contribution is 1.97. The first kappa shape index (κ1) is 10.9. The Hall–Kier alpha value is -1.10. The van der Waals surface area contributed by atoms with Gasteiger partial charge in [-0.2, -0.15) is 0 Å². The Bertz CT molecular complexity index is 165. The lowest BCUT2D eigenvalue weighted by Crippen LogP contribution is -2.23. The topological polar surface area (TPSA) is 72.8 Å². The third kappa shape index (κ3) is 5.67. The molecule has 0 radical (unpaired) electrons. The Kier molecular flexibility index (Phi) is 5.03. The SMILES string of the molecule is COC(COC(C)=O)CC(=O)O. The number of carboxylic acids is 1. The van der Waals surface area contributed by atoms with Crippen LogP contribution < -0.4 is 0 Å². The molecule has 1 unspecified atom stereocenters. The van der Waals surface area contributed by atoms with Crippen molar-refractivity contribution in [1.82, 2.24) is 0 Å². The number of hydrogen-bond donors (Lipinski definition) is 1. The normalized spacial score (nSPS) is 12.2. The van der Waals surface area contributed by atoms with E-state index in [1.54, 1.807) is 0 Å². The molecule has 1 N–H and O–H groups in total. The van der Waals surface area contributed by atoms with Gasteiger partial charge in [0.1, 0.15) is 12.7 Å². The Labute approximate surface area is 70.3 Å². The van der Waals surface area contributed by atoms with Gasteiger partial charge in [-0.3, -0.25) is 9.59 Å². The zero-order valence-electron chi connectivity index (χ0n) is 7.07. The molecular formula is C7H12O5. The van der Waals surface area contributed by atoms with Crippen molar-refractivity contribution in [2.24, 2.45) is 0 Å². The second kappa shape index (κ2) is 5.54. The van der Waals surface area contributed by atoms with Crippen LogP contribution in [0.4, 0.5) is 0 Å². The second-order valence-electron chi connectivity index (χ2n) is 2.26. The largest absolute Gasteiger partial charge is 0.481 e. The van der Waals surface area contributed by atoms with Crippen molar-refractivity contribution in [1.29, 1.82) is 0 Å². The molecule has 0 spiro atoms. The third-order valence-electron chi connectivity index (χ3n) is 1.21. The number of rotatable bonds is 5. The van der Waals surface area contributed by atoms with Crippen LogP contribution >= 0.6 is 0 Å². The van der Waals surface area contributed by atoms with E-state index >= 15 is 0 Å². The van der Waals surface area contributed by atoms with E-state index in [4.69, 9.17) is 9.84 Å². The fourth-order valence-electron chi connectivity index (χ4n) is 0.615. The molecule has 12 heavy (non-hydrogen) atoms.